The molecule has 1 atom stereocenters. The number of hydrogen-bond donors (Lipinski definition) is 0. The summed E-state index contributed by atoms with van der Waals surface area (Å²) in [4.78, 5) is 14.4. The lowest BCUT2D eigenvalue weighted by atomic mass is 10.1. The van der Waals surface area contributed by atoms with Crippen molar-refractivity contribution in [1.82, 2.24) is 19.7 Å². The van der Waals surface area contributed by atoms with E-state index in [2.05, 4.69) is 16.8 Å². The number of hydrogen-bond acceptors (Lipinski definition) is 5. The minimum Gasteiger partial charge on any atom is -0.469 e. The summed E-state index contributed by atoms with van der Waals surface area (Å²) >= 11 is 1.39. The zero-order chi connectivity index (χ0) is 19.4. The summed E-state index contributed by atoms with van der Waals surface area (Å²) in [5.74, 6) is 1.47. The molecule has 0 N–H and O–H groups in total. The number of nitrogens with zero attached hydrogens (tertiary/aromatic N) is 4. The highest BCUT2D eigenvalue weighted by atomic mass is 32.2. The van der Waals surface area contributed by atoms with Gasteiger partial charge in [-0.3, -0.25) is 9.36 Å². The quantitative estimate of drug-likeness (QED) is 0.457. The Labute approximate surface area is 162 Å². The summed E-state index contributed by atoms with van der Waals surface area (Å²) in [7, 11) is 3.52. The summed E-state index contributed by atoms with van der Waals surface area (Å²) in [5.41, 5.74) is 1.81. The SMILES string of the molecule is C=CCn1c(SC(C(=O)N(C)C)c2ccccc2)nnc1-c1ccoc1C. The smallest absolute Gasteiger partial charge is 0.240 e. The van der Waals surface area contributed by atoms with Gasteiger partial charge in [0.1, 0.15) is 11.0 Å². The number of furan rings is 1. The predicted molar refractivity (Wildman–Crippen MR) is 106 cm³/mol. The minimum absolute atomic E-state index is 0.000365. The third kappa shape index (κ3) is 3.98. The molecular weight excluding hydrogens is 360 g/mol. The van der Waals surface area contributed by atoms with Crippen LogP contribution in [0.25, 0.3) is 11.4 Å². The van der Waals surface area contributed by atoms with Gasteiger partial charge in [0.15, 0.2) is 11.0 Å². The Kier molecular flexibility index (Phi) is 5.81. The Morgan fingerprint density at radius 3 is 2.63 bits per heavy atom. The second-order valence-electron chi connectivity index (χ2n) is 6.24. The van der Waals surface area contributed by atoms with Crippen molar-refractivity contribution < 1.29 is 9.21 Å². The number of carbonyl (C=O) groups is 1. The average molecular weight is 382 g/mol. The lowest BCUT2D eigenvalue weighted by molar-refractivity contribution is -0.128. The third-order valence-corrected chi connectivity index (χ3v) is 5.34. The highest BCUT2D eigenvalue weighted by molar-refractivity contribution is 8.00. The van der Waals surface area contributed by atoms with Gasteiger partial charge >= 0.3 is 0 Å². The highest BCUT2D eigenvalue weighted by Crippen LogP contribution is 2.37. The van der Waals surface area contributed by atoms with Crippen LogP contribution < -0.4 is 0 Å². The van der Waals surface area contributed by atoms with Gasteiger partial charge < -0.3 is 9.32 Å². The van der Waals surface area contributed by atoms with Crippen LogP contribution in [0.1, 0.15) is 16.6 Å². The maximum Gasteiger partial charge on any atom is 0.240 e. The summed E-state index contributed by atoms with van der Waals surface area (Å²) < 4.78 is 7.36. The van der Waals surface area contributed by atoms with Crippen LogP contribution in [0.2, 0.25) is 0 Å². The molecule has 3 aromatic rings. The molecule has 140 valence electrons. The van der Waals surface area contributed by atoms with Gasteiger partial charge in [0.25, 0.3) is 0 Å². The maximum atomic E-state index is 12.8. The van der Waals surface area contributed by atoms with Gasteiger partial charge in [-0.25, -0.2) is 0 Å². The Morgan fingerprint density at radius 1 is 1.30 bits per heavy atom. The first-order valence-corrected chi connectivity index (χ1v) is 9.42. The van der Waals surface area contributed by atoms with E-state index >= 15 is 0 Å². The van der Waals surface area contributed by atoms with E-state index in [9.17, 15) is 4.79 Å². The maximum absolute atomic E-state index is 12.8. The first-order chi connectivity index (χ1) is 13.0. The number of amides is 1. The van der Waals surface area contributed by atoms with Crippen LogP contribution in [0.3, 0.4) is 0 Å². The number of likely N-dealkylation sites (N-methyl/N-ethyl adjacent to an activating group) is 1. The molecule has 1 amide bonds. The van der Waals surface area contributed by atoms with Crippen molar-refractivity contribution in [1.29, 1.82) is 0 Å². The molecule has 0 aliphatic carbocycles. The van der Waals surface area contributed by atoms with Crippen LogP contribution in [0.15, 0.2) is 64.9 Å². The molecule has 3 rings (SSSR count). The van der Waals surface area contributed by atoms with Gasteiger partial charge in [-0.1, -0.05) is 48.2 Å². The van der Waals surface area contributed by atoms with Gasteiger partial charge in [0.2, 0.25) is 5.91 Å². The van der Waals surface area contributed by atoms with Crippen molar-refractivity contribution in [2.24, 2.45) is 0 Å². The largest absolute Gasteiger partial charge is 0.469 e. The number of thioether (sulfide) groups is 1. The fourth-order valence-electron chi connectivity index (χ4n) is 2.71. The molecule has 1 aromatic carbocycles. The zero-order valence-corrected chi connectivity index (χ0v) is 16.4. The van der Waals surface area contributed by atoms with E-state index in [-0.39, 0.29) is 5.91 Å². The second kappa shape index (κ2) is 8.26. The molecule has 0 aliphatic rings. The predicted octanol–water partition coefficient (Wildman–Crippen LogP) is 3.95. The van der Waals surface area contributed by atoms with Crippen molar-refractivity contribution in [2.75, 3.05) is 14.1 Å². The van der Waals surface area contributed by atoms with Crippen LogP contribution in [0, 0.1) is 6.92 Å². The van der Waals surface area contributed by atoms with Gasteiger partial charge in [0.05, 0.1) is 11.8 Å². The Balaban J connectivity index is 2.01. The first-order valence-electron chi connectivity index (χ1n) is 8.54. The van der Waals surface area contributed by atoms with Crippen molar-refractivity contribution in [2.45, 2.75) is 23.9 Å². The molecule has 0 aliphatic heterocycles. The molecule has 0 spiro atoms. The number of rotatable bonds is 7. The van der Waals surface area contributed by atoms with Crippen molar-refractivity contribution in [3.8, 4) is 11.4 Å². The summed E-state index contributed by atoms with van der Waals surface area (Å²) in [6, 6.07) is 11.6. The van der Waals surface area contributed by atoms with E-state index in [1.165, 1.54) is 11.8 Å². The Hall–Kier alpha value is -2.80. The van der Waals surface area contributed by atoms with E-state index < -0.39 is 5.25 Å². The summed E-state index contributed by atoms with van der Waals surface area (Å²) in [6.45, 7) is 6.26. The molecule has 6 nitrogen and oxygen atoms in total. The Bertz CT molecular complexity index is 931. The van der Waals surface area contributed by atoms with Crippen LogP contribution >= 0.6 is 11.8 Å². The average Bonchev–Trinajstić information content (AvgIpc) is 3.26. The molecule has 0 radical (unpaired) electrons. The van der Waals surface area contributed by atoms with E-state index in [4.69, 9.17) is 4.42 Å². The van der Waals surface area contributed by atoms with Crippen LogP contribution in [0.5, 0.6) is 0 Å². The van der Waals surface area contributed by atoms with Crippen molar-refractivity contribution in [3.63, 3.8) is 0 Å². The van der Waals surface area contributed by atoms with Gasteiger partial charge in [0, 0.05) is 20.6 Å². The van der Waals surface area contributed by atoms with Gasteiger partial charge in [-0.2, -0.15) is 0 Å². The standard InChI is InChI=1S/C20H22N4O2S/c1-5-12-24-18(16-11-13-26-14(16)2)21-22-20(24)27-17(19(25)23(3)4)15-9-7-6-8-10-15/h5-11,13,17H,1,12H2,2-4H3. The van der Waals surface area contributed by atoms with Crippen molar-refractivity contribution in [3.05, 3.63) is 66.6 Å². The lowest BCUT2D eigenvalue weighted by Gasteiger charge is -2.20. The number of aromatic nitrogens is 3. The zero-order valence-electron chi connectivity index (χ0n) is 15.6. The monoisotopic (exact) mass is 382 g/mol. The van der Waals surface area contributed by atoms with Crippen molar-refractivity contribution >= 4 is 17.7 Å². The molecule has 2 heterocycles. The topological polar surface area (TPSA) is 64.2 Å². The number of carbonyl (C=O) groups excluding carboxylic acids is 1. The summed E-state index contributed by atoms with van der Waals surface area (Å²) in [6.07, 6.45) is 3.42. The molecular formula is C20H22N4O2S. The minimum atomic E-state index is -0.410. The van der Waals surface area contributed by atoms with E-state index in [1.54, 1.807) is 31.3 Å². The molecule has 7 heteroatoms. The second-order valence-corrected chi connectivity index (χ2v) is 7.31. The van der Waals surface area contributed by atoms with Gasteiger partial charge in [-0.15, -0.1) is 16.8 Å². The van der Waals surface area contributed by atoms with Crippen LogP contribution in [-0.2, 0) is 11.3 Å². The molecule has 0 saturated heterocycles. The molecule has 0 bridgehead atoms. The van der Waals surface area contributed by atoms with E-state index in [1.807, 2.05) is 47.9 Å². The van der Waals surface area contributed by atoms with Gasteiger partial charge in [-0.05, 0) is 18.6 Å². The first kappa shape index (κ1) is 19.0. The lowest BCUT2D eigenvalue weighted by Crippen LogP contribution is -2.27. The van der Waals surface area contributed by atoms with E-state index in [0.29, 0.717) is 17.5 Å². The Morgan fingerprint density at radius 2 is 2.04 bits per heavy atom. The molecule has 0 saturated carbocycles. The normalized spacial score (nSPS) is 12.0. The fraction of sp³-hybridized carbons (Fsp3) is 0.250. The molecule has 1 unspecified atom stereocenters. The molecule has 27 heavy (non-hydrogen) atoms. The molecule has 2 aromatic heterocycles. The molecule has 0 fully saturated rings. The number of aryl methyl sites for hydroxylation is 1. The highest BCUT2D eigenvalue weighted by Gasteiger charge is 2.27. The van der Waals surface area contributed by atoms with Crippen LogP contribution in [-0.4, -0.2) is 39.7 Å². The summed E-state index contributed by atoms with van der Waals surface area (Å²) in [5, 5.41) is 8.95. The van der Waals surface area contributed by atoms with E-state index in [0.717, 1.165) is 16.9 Å². The third-order valence-electron chi connectivity index (χ3n) is 4.12. The number of allylic oxidation sites excluding steroid dienone is 1. The van der Waals surface area contributed by atoms with Crippen LogP contribution in [0.4, 0.5) is 0 Å². The fourth-order valence-corrected chi connectivity index (χ4v) is 3.91. The number of benzene rings is 1.